The van der Waals surface area contributed by atoms with Gasteiger partial charge in [-0.3, -0.25) is 0 Å². The first-order chi connectivity index (χ1) is 30.9. The van der Waals surface area contributed by atoms with Crippen LogP contribution in [0.1, 0.15) is 0 Å². The first-order valence-corrected chi connectivity index (χ1v) is 24.3. The van der Waals surface area contributed by atoms with Crippen LogP contribution < -0.4 is 16.5 Å². The van der Waals surface area contributed by atoms with E-state index in [2.05, 4.69) is 48.5 Å². The molecular weight excluding hydrogens is 1060 g/mol. The van der Waals surface area contributed by atoms with Gasteiger partial charge in [0.2, 0.25) is 0 Å². The van der Waals surface area contributed by atoms with Crippen LogP contribution >= 0.6 is 23.2 Å². The number of hydrogen-bond acceptors (Lipinski definition) is 0. The molecule has 7 rings (SSSR count). The Morgan fingerprint density at radius 1 is 0.242 bits per heavy atom. The van der Waals surface area contributed by atoms with Crippen LogP contribution in [0.15, 0.2) is 93.5 Å². The Kier molecular flexibility index (Phi) is 14.5. The zero-order valence-electron chi connectivity index (χ0n) is 31.3. The van der Waals surface area contributed by atoms with Crippen molar-refractivity contribution in [3.05, 3.63) is 205 Å². The molecular formula is C42H13Cl2F20GaS. The maximum atomic E-state index is 15.4. The quantitative estimate of drug-likeness (QED) is 0.0491. The summed E-state index contributed by atoms with van der Waals surface area (Å²) < 4.78 is 281. The van der Waals surface area contributed by atoms with E-state index in [1.165, 1.54) is 14.7 Å². The predicted molar refractivity (Wildman–Crippen MR) is 201 cm³/mol. The van der Waals surface area contributed by atoms with E-state index >= 15 is 35.1 Å². The van der Waals surface area contributed by atoms with E-state index in [0.717, 1.165) is 10.0 Å². The Hall–Kier alpha value is -5.29. The molecule has 7 aromatic rings. The molecule has 0 aliphatic carbocycles. The summed E-state index contributed by atoms with van der Waals surface area (Å²) in [7, 11) is -0.148. The summed E-state index contributed by atoms with van der Waals surface area (Å²) in [5.41, 5.74) is 0. The third kappa shape index (κ3) is 8.17. The average Bonchev–Trinajstić information content (AvgIpc) is 3.30. The summed E-state index contributed by atoms with van der Waals surface area (Å²) in [6.45, 7) is 0. The normalized spacial score (nSPS) is 11.6. The Bertz CT molecular complexity index is 2620. The molecule has 0 aromatic heterocycles. The zero-order chi connectivity index (χ0) is 49.0. The SMILES string of the molecule is Clc1ccc([S+](c2ccccc2)c2ccc(Cl)cc2)cc1.Fc1c(F)c(F)[c]([Ga-]([c]2c(F)c(F)c(F)c(F)c2F)([c]2c(F)c(F)c(F)c(F)c2F)[c]2c(F)c(F)c(F)c(F)c2F)c(F)c1F. The second-order valence-corrected chi connectivity index (χ2v) is 24.7. The van der Waals surface area contributed by atoms with Gasteiger partial charge in [0.05, 0.1) is 10.9 Å². The van der Waals surface area contributed by atoms with Crippen LogP contribution in [0.5, 0.6) is 0 Å². The Morgan fingerprint density at radius 3 is 0.636 bits per heavy atom. The van der Waals surface area contributed by atoms with Crippen molar-refractivity contribution in [1.29, 1.82) is 0 Å². The van der Waals surface area contributed by atoms with Gasteiger partial charge in [0.15, 0.2) is 14.7 Å². The van der Waals surface area contributed by atoms with Crippen molar-refractivity contribution in [2.24, 2.45) is 0 Å². The Morgan fingerprint density at radius 2 is 0.424 bits per heavy atom. The van der Waals surface area contributed by atoms with Gasteiger partial charge in [-0.25, -0.2) is 0 Å². The number of benzene rings is 7. The molecule has 0 saturated carbocycles. The Balaban J connectivity index is 0.000000284. The molecule has 344 valence electrons. The van der Waals surface area contributed by atoms with E-state index in [1.807, 2.05) is 30.3 Å². The summed E-state index contributed by atoms with van der Waals surface area (Å²) in [4.78, 5) is 3.77. The topological polar surface area (TPSA) is 0 Å². The van der Waals surface area contributed by atoms with Gasteiger partial charge in [-0.1, -0.05) is 41.4 Å². The minimum atomic E-state index is -9.74. The molecule has 0 heterocycles. The molecule has 0 amide bonds. The van der Waals surface area contributed by atoms with E-state index in [9.17, 15) is 52.7 Å². The van der Waals surface area contributed by atoms with Crippen LogP contribution in [0.2, 0.25) is 10.0 Å². The summed E-state index contributed by atoms with van der Waals surface area (Å²) in [5.74, 6) is -70.5. The molecule has 0 unspecified atom stereocenters. The number of hydrogen-bond donors (Lipinski definition) is 0. The summed E-state index contributed by atoms with van der Waals surface area (Å²) >= 11 is 2.29. The van der Waals surface area contributed by atoms with Crippen LogP contribution in [0.3, 0.4) is 0 Å². The van der Waals surface area contributed by atoms with Gasteiger partial charge >= 0.3 is 236 Å². The van der Waals surface area contributed by atoms with Crippen molar-refractivity contribution in [1.82, 2.24) is 0 Å². The first-order valence-electron chi connectivity index (χ1n) is 17.5. The molecule has 7 aromatic carbocycles. The van der Waals surface area contributed by atoms with Crippen LogP contribution in [0, 0.1) is 116 Å². The molecule has 0 spiro atoms. The molecule has 0 nitrogen and oxygen atoms in total. The molecule has 0 radical (unpaired) electrons. The minimum absolute atomic E-state index is 0.148. The van der Waals surface area contributed by atoms with Gasteiger partial charge in [0.25, 0.3) is 0 Å². The first kappa shape index (κ1) is 50.1. The average molecular weight is 1070 g/mol. The van der Waals surface area contributed by atoms with Crippen molar-refractivity contribution in [3.8, 4) is 0 Å². The number of rotatable bonds is 7. The van der Waals surface area contributed by atoms with Gasteiger partial charge in [-0.15, -0.1) is 0 Å². The molecule has 0 aliphatic rings. The molecule has 0 aliphatic heterocycles. The molecule has 0 N–H and O–H groups in total. The second-order valence-electron chi connectivity index (χ2n) is 13.3. The summed E-state index contributed by atoms with van der Waals surface area (Å²) in [5, 5.41) is 1.51. The van der Waals surface area contributed by atoms with E-state index in [1.54, 1.807) is 0 Å². The van der Waals surface area contributed by atoms with Crippen molar-refractivity contribution < 1.29 is 87.8 Å². The van der Waals surface area contributed by atoms with E-state index in [-0.39, 0.29) is 10.9 Å². The third-order valence-corrected chi connectivity index (χ3v) is 24.0. The van der Waals surface area contributed by atoms with E-state index < -0.39 is 148 Å². The van der Waals surface area contributed by atoms with Gasteiger partial charge in [-0.05, 0) is 60.7 Å². The van der Waals surface area contributed by atoms with E-state index in [0.29, 0.717) is 0 Å². The fraction of sp³-hybridized carbons (Fsp3) is 0. The fourth-order valence-electron chi connectivity index (χ4n) is 6.98. The standard InChI is InChI=1S/C18H13Cl2S.4C6F5.Ga/c19-14-6-10-17(11-7-14)21(16-4-2-1-3-5-16)18-12-8-15(20)9-13-18;4*7-2-1-3(8)5(10)6(11)4(2)9;/h1-13H;;;;;/q+1;;;;;-1. The fourth-order valence-corrected chi connectivity index (χ4v) is 21.4. The van der Waals surface area contributed by atoms with Crippen molar-refractivity contribution >= 4 is 65.6 Å². The van der Waals surface area contributed by atoms with Crippen molar-refractivity contribution in [2.45, 2.75) is 14.7 Å². The van der Waals surface area contributed by atoms with Crippen LogP contribution in [-0.4, -0.2) is 15.0 Å². The molecule has 66 heavy (non-hydrogen) atoms. The van der Waals surface area contributed by atoms with Crippen molar-refractivity contribution in [3.63, 3.8) is 0 Å². The molecule has 24 heteroatoms. The monoisotopic (exact) mass is 1070 g/mol. The summed E-state index contributed by atoms with van der Waals surface area (Å²) in [6, 6.07) is 26.6. The van der Waals surface area contributed by atoms with Crippen LogP contribution in [0.25, 0.3) is 0 Å². The van der Waals surface area contributed by atoms with Gasteiger partial charge in [0, 0.05) is 10.0 Å². The second kappa shape index (κ2) is 19.1. The van der Waals surface area contributed by atoms with Gasteiger partial charge in [-0.2, -0.15) is 0 Å². The van der Waals surface area contributed by atoms with Crippen molar-refractivity contribution in [2.75, 3.05) is 0 Å². The van der Waals surface area contributed by atoms with Crippen LogP contribution in [-0.2, 0) is 10.9 Å². The maximum absolute atomic E-state index is 15.4. The third-order valence-electron chi connectivity index (χ3n) is 9.78. The van der Waals surface area contributed by atoms with Crippen LogP contribution in [0.4, 0.5) is 87.8 Å². The van der Waals surface area contributed by atoms with Gasteiger partial charge < -0.3 is 0 Å². The zero-order valence-corrected chi connectivity index (χ0v) is 36.1. The molecule has 0 bridgehead atoms. The molecule has 0 fully saturated rings. The summed E-state index contributed by atoms with van der Waals surface area (Å²) in [6.07, 6.45) is 0. The number of halogens is 22. The van der Waals surface area contributed by atoms with Gasteiger partial charge in [0.1, 0.15) is 0 Å². The van der Waals surface area contributed by atoms with E-state index in [4.69, 9.17) is 23.2 Å². The molecule has 0 saturated heterocycles. The molecule has 0 atom stereocenters. The predicted octanol–water partition coefficient (Wildman–Crippen LogP) is 11.9. The Labute approximate surface area is 371 Å².